The fourth-order valence-electron chi connectivity index (χ4n) is 3.57. The van der Waals surface area contributed by atoms with E-state index in [1.165, 1.54) is 19.1 Å². The highest BCUT2D eigenvalue weighted by Crippen LogP contribution is 2.24. The second-order valence-electron chi connectivity index (χ2n) is 9.17. The number of carbonyl (C=O) groups excluding carboxylic acids is 1. The molecule has 1 fully saturated rings. The van der Waals surface area contributed by atoms with Crippen molar-refractivity contribution in [2.45, 2.75) is 45.3 Å². The van der Waals surface area contributed by atoms with E-state index in [-0.39, 0.29) is 24.8 Å². The molecule has 0 radical (unpaired) electrons. The Morgan fingerprint density at radius 2 is 1.56 bits per heavy atom. The summed E-state index contributed by atoms with van der Waals surface area (Å²) in [5.74, 6) is -1.20. The molecule has 10 heteroatoms. The number of carbonyl (C=O) groups is 3. The van der Waals surface area contributed by atoms with Crippen LogP contribution in [0.4, 0.5) is 9.59 Å². The highest BCUT2D eigenvalue weighted by Gasteiger charge is 2.43. The lowest BCUT2D eigenvalue weighted by Gasteiger charge is -2.39. The Hall–Kier alpha value is -3.01. The molecule has 10 nitrogen and oxygen atoms in total. The molecule has 0 saturated carbocycles. The SMILES string of the molecule is CC(C)(C)OC(=O)N1CCN(CCN(C(=O)O)C(C)(Cc2ccc(O)cc2)C(=O)O)CC1. The Kier molecular flexibility index (Phi) is 7.95. The molecular formula is C22H33N3O7. The molecule has 1 atom stereocenters. The second-order valence-corrected chi connectivity index (χ2v) is 9.17. The minimum Gasteiger partial charge on any atom is -0.508 e. The number of aliphatic carboxylic acids is 1. The van der Waals surface area contributed by atoms with Gasteiger partial charge in [0, 0.05) is 45.7 Å². The van der Waals surface area contributed by atoms with Gasteiger partial charge in [-0.05, 0) is 45.4 Å². The van der Waals surface area contributed by atoms with Gasteiger partial charge in [-0.2, -0.15) is 0 Å². The van der Waals surface area contributed by atoms with E-state index in [0.717, 1.165) is 4.90 Å². The normalized spacial score (nSPS) is 16.8. The lowest BCUT2D eigenvalue weighted by Crippen LogP contribution is -2.59. The lowest BCUT2D eigenvalue weighted by molar-refractivity contribution is -0.149. The van der Waals surface area contributed by atoms with Gasteiger partial charge in [0.15, 0.2) is 0 Å². The molecule has 1 aromatic rings. The van der Waals surface area contributed by atoms with Crippen LogP contribution < -0.4 is 0 Å². The summed E-state index contributed by atoms with van der Waals surface area (Å²) in [6.07, 6.45) is -1.74. The smallest absolute Gasteiger partial charge is 0.410 e. The van der Waals surface area contributed by atoms with Gasteiger partial charge in [-0.25, -0.2) is 14.4 Å². The Bertz CT molecular complexity index is 814. The summed E-state index contributed by atoms with van der Waals surface area (Å²) in [6, 6.07) is 6.03. The first-order valence-corrected chi connectivity index (χ1v) is 10.5. The van der Waals surface area contributed by atoms with Crippen LogP contribution in [0.25, 0.3) is 0 Å². The monoisotopic (exact) mass is 451 g/mol. The zero-order chi connectivity index (χ0) is 24.1. The van der Waals surface area contributed by atoms with E-state index in [1.807, 2.05) is 4.90 Å². The summed E-state index contributed by atoms with van der Waals surface area (Å²) in [6.45, 7) is 9.12. The predicted octanol–water partition coefficient (Wildman–Crippen LogP) is 2.31. The van der Waals surface area contributed by atoms with Crippen LogP contribution in [-0.2, 0) is 16.0 Å². The number of ether oxygens (including phenoxy) is 1. The fraction of sp³-hybridized carbons (Fsp3) is 0.591. The molecule has 2 rings (SSSR count). The first-order chi connectivity index (χ1) is 14.8. The third kappa shape index (κ3) is 6.74. The fourth-order valence-corrected chi connectivity index (χ4v) is 3.57. The molecule has 3 N–H and O–H groups in total. The zero-order valence-electron chi connectivity index (χ0n) is 19.1. The van der Waals surface area contributed by atoms with E-state index in [1.54, 1.807) is 37.8 Å². The van der Waals surface area contributed by atoms with E-state index < -0.39 is 23.2 Å². The molecule has 1 aliphatic heterocycles. The van der Waals surface area contributed by atoms with E-state index in [2.05, 4.69) is 0 Å². The van der Waals surface area contributed by atoms with E-state index in [4.69, 9.17) is 4.74 Å². The number of nitrogens with zero attached hydrogens (tertiary/aromatic N) is 3. The van der Waals surface area contributed by atoms with Gasteiger partial charge in [-0.3, -0.25) is 9.80 Å². The van der Waals surface area contributed by atoms with Crippen molar-refractivity contribution in [2.75, 3.05) is 39.3 Å². The molecule has 0 aliphatic carbocycles. The molecule has 178 valence electrons. The maximum absolute atomic E-state index is 12.2. The summed E-state index contributed by atoms with van der Waals surface area (Å²) < 4.78 is 5.38. The van der Waals surface area contributed by atoms with Crippen molar-refractivity contribution < 1.29 is 34.4 Å². The van der Waals surface area contributed by atoms with Crippen molar-refractivity contribution in [1.82, 2.24) is 14.7 Å². The van der Waals surface area contributed by atoms with Gasteiger partial charge in [0.05, 0.1) is 0 Å². The number of hydrogen-bond acceptors (Lipinski definition) is 6. The number of piperazine rings is 1. The van der Waals surface area contributed by atoms with E-state index in [0.29, 0.717) is 38.3 Å². The highest BCUT2D eigenvalue weighted by molar-refractivity contribution is 5.84. The average molecular weight is 452 g/mol. The van der Waals surface area contributed by atoms with Gasteiger partial charge in [-0.1, -0.05) is 12.1 Å². The molecule has 1 saturated heterocycles. The minimum absolute atomic E-state index is 0.00263. The molecule has 0 bridgehead atoms. The number of hydrogen-bond donors (Lipinski definition) is 3. The average Bonchev–Trinajstić information content (AvgIpc) is 2.68. The van der Waals surface area contributed by atoms with Gasteiger partial charge < -0.3 is 25.0 Å². The summed E-state index contributed by atoms with van der Waals surface area (Å²) in [4.78, 5) is 40.8. The van der Waals surface area contributed by atoms with Crippen molar-refractivity contribution >= 4 is 18.2 Å². The van der Waals surface area contributed by atoms with Crippen LogP contribution in [0.15, 0.2) is 24.3 Å². The van der Waals surface area contributed by atoms with Gasteiger partial charge >= 0.3 is 18.2 Å². The maximum Gasteiger partial charge on any atom is 0.410 e. The molecule has 1 unspecified atom stereocenters. The van der Waals surface area contributed by atoms with Gasteiger partial charge in [-0.15, -0.1) is 0 Å². The Labute approximate surface area is 188 Å². The van der Waals surface area contributed by atoms with Crippen molar-refractivity contribution in [2.24, 2.45) is 0 Å². The molecular weight excluding hydrogens is 418 g/mol. The van der Waals surface area contributed by atoms with Gasteiger partial charge in [0.2, 0.25) is 0 Å². The molecule has 32 heavy (non-hydrogen) atoms. The number of amides is 2. The Morgan fingerprint density at radius 3 is 2.03 bits per heavy atom. The zero-order valence-corrected chi connectivity index (χ0v) is 19.1. The second kappa shape index (κ2) is 10.1. The summed E-state index contributed by atoms with van der Waals surface area (Å²) in [7, 11) is 0. The van der Waals surface area contributed by atoms with Crippen LogP contribution >= 0.6 is 0 Å². The third-order valence-electron chi connectivity index (χ3n) is 5.44. The number of phenols is 1. The third-order valence-corrected chi connectivity index (χ3v) is 5.44. The Morgan fingerprint density at radius 1 is 1.00 bits per heavy atom. The van der Waals surface area contributed by atoms with Crippen molar-refractivity contribution in [3.05, 3.63) is 29.8 Å². The Balaban J connectivity index is 2.00. The minimum atomic E-state index is -1.68. The molecule has 0 spiro atoms. The quantitative estimate of drug-likeness (QED) is 0.576. The van der Waals surface area contributed by atoms with Gasteiger partial charge in [0.1, 0.15) is 16.9 Å². The standard InChI is InChI=1S/C22H33N3O7/c1-21(2,3)32-20(31)24-12-9-23(10-13-24)11-14-25(19(29)30)22(4,18(27)28)15-16-5-7-17(26)8-6-16/h5-8,26H,9-15H2,1-4H3,(H,27,28)(H,29,30). The van der Waals surface area contributed by atoms with Gasteiger partial charge in [0.25, 0.3) is 0 Å². The number of benzene rings is 1. The number of phenolic OH excluding ortho intramolecular Hbond substituents is 1. The first-order valence-electron chi connectivity index (χ1n) is 10.5. The summed E-state index contributed by atoms with van der Waals surface area (Å²) in [5.41, 5.74) is -1.65. The molecule has 1 heterocycles. The molecule has 1 aliphatic rings. The summed E-state index contributed by atoms with van der Waals surface area (Å²) >= 11 is 0. The van der Waals surface area contributed by atoms with Crippen LogP contribution in [0.2, 0.25) is 0 Å². The predicted molar refractivity (Wildman–Crippen MR) is 117 cm³/mol. The van der Waals surface area contributed by atoms with Crippen LogP contribution in [-0.4, -0.2) is 98.6 Å². The molecule has 0 aromatic heterocycles. The van der Waals surface area contributed by atoms with Crippen LogP contribution in [0, 0.1) is 0 Å². The first kappa shape index (κ1) is 25.3. The number of aromatic hydroxyl groups is 1. The number of carboxylic acids is 1. The van der Waals surface area contributed by atoms with Crippen LogP contribution in [0.1, 0.15) is 33.3 Å². The largest absolute Gasteiger partial charge is 0.508 e. The maximum atomic E-state index is 12.2. The van der Waals surface area contributed by atoms with Crippen molar-refractivity contribution in [3.8, 4) is 5.75 Å². The van der Waals surface area contributed by atoms with Crippen molar-refractivity contribution in [3.63, 3.8) is 0 Å². The molecule has 1 aromatic carbocycles. The van der Waals surface area contributed by atoms with E-state index in [9.17, 15) is 29.7 Å². The van der Waals surface area contributed by atoms with Crippen LogP contribution in [0.3, 0.4) is 0 Å². The number of rotatable bonds is 7. The molecule has 2 amide bonds. The summed E-state index contributed by atoms with van der Waals surface area (Å²) in [5, 5.41) is 29.1. The highest BCUT2D eigenvalue weighted by atomic mass is 16.6. The van der Waals surface area contributed by atoms with Crippen LogP contribution in [0.5, 0.6) is 5.75 Å². The van der Waals surface area contributed by atoms with E-state index >= 15 is 0 Å². The number of carboxylic acid groups (broad SMARTS) is 2. The van der Waals surface area contributed by atoms with Crippen molar-refractivity contribution in [1.29, 1.82) is 0 Å². The topological polar surface area (TPSA) is 131 Å². The lowest BCUT2D eigenvalue weighted by atomic mass is 9.91.